The van der Waals surface area contributed by atoms with Crippen molar-refractivity contribution in [3.05, 3.63) is 29.0 Å². The van der Waals surface area contributed by atoms with Crippen LogP contribution in [-0.4, -0.2) is 51.1 Å². The van der Waals surface area contributed by atoms with E-state index in [9.17, 15) is 14.7 Å². The summed E-state index contributed by atoms with van der Waals surface area (Å²) in [6.07, 6.45) is 0. The fourth-order valence-electron chi connectivity index (χ4n) is 2.71. The van der Waals surface area contributed by atoms with Crippen LogP contribution < -0.4 is 20.1 Å². The molecule has 1 unspecified atom stereocenters. The molecule has 0 aliphatic carbocycles. The van der Waals surface area contributed by atoms with Crippen LogP contribution in [0.15, 0.2) is 23.4 Å². The smallest absolute Gasteiger partial charge is 0.338 e. The molecule has 0 bridgehead atoms. The Hall–Kier alpha value is -2.94. The third kappa shape index (κ3) is 4.62. The molecule has 9 nitrogen and oxygen atoms in total. The highest BCUT2D eigenvalue weighted by Gasteiger charge is 2.33. The standard InChI is InChI=1S/C18H24N2O7/c1-5-26-6-7-27-17(22)14-10(2)19-18(23)20-15(14)11-8-12(24-3)16(21)13(9-11)25-4/h8-9,15,21H,5-7H2,1-4H3,(H2,19,20,23). The summed E-state index contributed by atoms with van der Waals surface area (Å²) in [6, 6.07) is 1.78. The van der Waals surface area contributed by atoms with Gasteiger partial charge in [-0.15, -0.1) is 0 Å². The van der Waals surface area contributed by atoms with Crippen LogP contribution in [0.25, 0.3) is 0 Å². The first-order valence-corrected chi connectivity index (χ1v) is 8.40. The highest BCUT2D eigenvalue weighted by molar-refractivity contribution is 5.95. The number of rotatable bonds is 8. The van der Waals surface area contributed by atoms with E-state index in [0.29, 0.717) is 17.9 Å². The van der Waals surface area contributed by atoms with Crippen molar-refractivity contribution in [1.82, 2.24) is 10.6 Å². The number of carbonyl (C=O) groups excluding carboxylic acids is 2. The minimum atomic E-state index is -0.804. The van der Waals surface area contributed by atoms with E-state index >= 15 is 0 Å². The Morgan fingerprint density at radius 1 is 1.19 bits per heavy atom. The van der Waals surface area contributed by atoms with Crippen LogP contribution in [0.3, 0.4) is 0 Å². The Labute approximate surface area is 157 Å². The van der Waals surface area contributed by atoms with Crippen LogP contribution in [-0.2, 0) is 14.3 Å². The maximum Gasteiger partial charge on any atom is 0.338 e. The second-order valence-corrected chi connectivity index (χ2v) is 5.68. The van der Waals surface area contributed by atoms with Gasteiger partial charge in [0.15, 0.2) is 11.5 Å². The van der Waals surface area contributed by atoms with Crippen molar-refractivity contribution < 1.29 is 33.6 Å². The summed E-state index contributed by atoms with van der Waals surface area (Å²) in [6.45, 7) is 4.34. The van der Waals surface area contributed by atoms with Gasteiger partial charge < -0.3 is 34.7 Å². The summed E-state index contributed by atoms with van der Waals surface area (Å²) in [7, 11) is 2.78. The SMILES string of the molecule is CCOCCOC(=O)C1=C(C)NC(=O)NC1c1cc(OC)c(O)c(OC)c1. The Bertz CT molecular complexity index is 720. The summed E-state index contributed by atoms with van der Waals surface area (Å²) >= 11 is 0. The van der Waals surface area contributed by atoms with E-state index in [-0.39, 0.29) is 36.0 Å². The molecular weight excluding hydrogens is 356 g/mol. The molecule has 0 saturated heterocycles. The number of phenolic OH excluding ortho intramolecular Hbond substituents is 1. The zero-order valence-corrected chi connectivity index (χ0v) is 15.8. The Morgan fingerprint density at radius 2 is 1.81 bits per heavy atom. The van der Waals surface area contributed by atoms with Crippen molar-refractivity contribution in [2.45, 2.75) is 19.9 Å². The van der Waals surface area contributed by atoms with E-state index in [1.54, 1.807) is 6.92 Å². The normalized spacial score (nSPS) is 16.4. The van der Waals surface area contributed by atoms with E-state index in [1.165, 1.54) is 26.4 Å². The highest BCUT2D eigenvalue weighted by atomic mass is 16.6. The second kappa shape index (κ2) is 9.13. The summed E-state index contributed by atoms with van der Waals surface area (Å²) in [5.74, 6) is -0.459. The van der Waals surface area contributed by atoms with Crippen LogP contribution in [0.2, 0.25) is 0 Å². The van der Waals surface area contributed by atoms with Gasteiger partial charge in [0, 0.05) is 12.3 Å². The zero-order valence-electron chi connectivity index (χ0n) is 15.8. The molecule has 0 saturated carbocycles. The lowest BCUT2D eigenvalue weighted by atomic mass is 9.95. The molecule has 0 radical (unpaired) electrons. The minimum Gasteiger partial charge on any atom is -0.502 e. The molecule has 0 spiro atoms. The van der Waals surface area contributed by atoms with E-state index in [1.807, 2.05) is 6.92 Å². The average molecular weight is 380 g/mol. The summed E-state index contributed by atoms with van der Waals surface area (Å²) in [5.41, 5.74) is 1.10. The molecule has 0 aromatic heterocycles. The summed E-state index contributed by atoms with van der Waals surface area (Å²) in [5, 5.41) is 15.3. The van der Waals surface area contributed by atoms with Gasteiger partial charge >= 0.3 is 12.0 Å². The largest absolute Gasteiger partial charge is 0.502 e. The molecule has 1 heterocycles. The molecule has 27 heavy (non-hydrogen) atoms. The minimum absolute atomic E-state index is 0.0896. The molecule has 1 aromatic carbocycles. The molecule has 0 fully saturated rings. The van der Waals surface area contributed by atoms with Crippen molar-refractivity contribution in [2.75, 3.05) is 34.0 Å². The lowest BCUT2D eigenvalue weighted by molar-refractivity contribution is -0.141. The van der Waals surface area contributed by atoms with Crippen LogP contribution in [0.4, 0.5) is 4.79 Å². The fraction of sp³-hybridized carbons (Fsp3) is 0.444. The summed E-state index contributed by atoms with van der Waals surface area (Å²) < 4.78 is 20.7. The number of phenols is 1. The van der Waals surface area contributed by atoms with Crippen LogP contribution >= 0.6 is 0 Å². The monoisotopic (exact) mass is 380 g/mol. The van der Waals surface area contributed by atoms with E-state index in [2.05, 4.69) is 10.6 Å². The molecule has 1 aliphatic heterocycles. The average Bonchev–Trinajstić information content (AvgIpc) is 2.64. The molecule has 148 valence electrons. The van der Waals surface area contributed by atoms with E-state index in [4.69, 9.17) is 18.9 Å². The van der Waals surface area contributed by atoms with Crippen molar-refractivity contribution in [3.63, 3.8) is 0 Å². The van der Waals surface area contributed by atoms with Crippen molar-refractivity contribution in [3.8, 4) is 17.2 Å². The third-order valence-electron chi connectivity index (χ3n) is 3.99. The molecule has 9 heteroatoms. The van der Waals surface area contributed by atoms with Gasteiger partial charge in [-0.1, -0.05) is 0 Å². The lowest BCUT2D eigenvalue weighted by Crippen LogP contribution is -2.45. The van der Waals surface area contributed by atoms with Crippen molar-refractivity contribution in [2.24, 2.45) is 0 Å². The van der Waals surface area contributed by atoms with Gasteiger partial charge in [0.2, 0.25) is 5.75 Å². The Balaban J connectivity index is 2.39. The number of nitrogens with one attached hydrogen (secondary N) is 2. The van der Waals surface area contributed by atoms with Gasteiger partial charge in [-0.3, -0.25) is 0 Å². The molecule has 1 aromatic rings. The molecular formula is C18H24N2O7. The van der Waals surface area contributed by atoms with Crippen molar-refractivity contribution >= 4 is 12.0 Å². The zero-order chi connectivity index (χ0) is 20.0. The number of urea groups is 1. The number of hydrogen-bond donors (Lipinski definition) is 3. The quantitative estimate of drug-likeness (QED) is 0.464. The van der Waals surface area contributed by atoms with Gasteiger partial charge in [0.05, 0.1) is 32.4 Å². The van der Waals surface area contributed by atoms with Crippen molar-refractivity contribution in [1.29, 1.82) is 0 Å². The first-order valence-electron chi connectivity index (χ1n) is 8.40. The number of amides is 2. The maximum absolute atomic E-state index is 12.6. The number of methoxy groups -OCH3 is 2. The Morgan fingerprint density at radius 3 is 2.37 bits per heavy atom. The predicted octanol–water partition coefficient (Wildman–Crippen LogP) is 1.62. The van der Waals surface area contributed by atoms with Crippen LogP contribution in [0.1, 0.15) is 25.5 Å². The molecule has 1 aliphatic rings. The van der Waals surface area contributed by atoms with Gasteiger partial charge in [0.25, 0.3) is 0 Å². The first-order chi connectivity index (χ1) is 12.9. The number of benzene rings is 1. The van der Waals surface area contributed by atoms with Crippen LogP contribution in [0, 0.1) is 0 Å². The topological polar surface area (TPSA) is 115 Å². The lowest BCUT2D eigenvalue weighted by Gasteiger charge is -2.28. The number of ether oxygens (including phenoxy) is 4. The van der Waals surface area contributed by atoms with Crippen LogP contribution in [0.5, 0.6) is 17.2 Å². The van der Waals surface area contributed by atoms with Gasteiger partial charge in [-0.05, 0) is 31.5 Å². The molecule has 2 amide bonds. The maximum atomic E-state index is 12.6. The third-order valence-corrected chi connectivity index (χ3v) is 3.99. The summed E-state index contributed by atoms with van der Waals surface area (Å²) in [4.78, 5) is 24.6. The van der Waals surface area contributed by atoms with E-state index in [0.717, 1.165) is 0 Å². The van der Waals surface area contributed by atoms with E-state index < -0.39 is 18.0 Å². The second-order valence-electron chi connectivity index (χ2n) is 5.68. The molecule has 1 atom stereocenters. The van der Waals surface area contributed by atoms with Gasteiger partial charge in [-0.2, -0.15) is 0 Å². The first kappa shape index (κ1) is 20.4. The number of aromatic hydroxyl groups is 1. The molecule has 3 N–H and O–H groups in total. The Kier molecular flexibility index (Phi) is 6.89. The highest BCUT2D eigenvalue weighted by Crippen LogP contribution is 2.40. The molecule has 2 rings (SSSR count). The number of esters is 1. The number of allylic oxidation sites excluding steroid dienone is 1. The predicted molar refractivity (Wildman–Crippen MR) is 95.8 cm³/mol. The van der Waals surface area contributed by atoms with Gasteiger partial charge in [-0.25, -0.2) is 9.59 Å². The number of carbonyl (C=O) groups is 2. The van der Waals surface area contributed by atoms with Gasteiger partial charge in [0.1, 0.15) is 6.61 Å². The fourth-order valence-corrected chi connectivity index (χ4v) is 2.71. The number of hydrogen-bond acceptors (Lipinski definition) is 7.